The third-order valence-electron chi connectivity index (χ3n) is 4.33. The van der Waals surface area contributed by atoms with E-state index in [1.807, 2.05) is 0 Å². The van der Waals surface area contributed by atoms with Gasteiger partial charge in [-0.25, -0.2) is 0 Å². The van der Waals surface area contributed by atoms with E-state index in [9.17, 15) is 0 Å². The van der Waals surface area contributed by atoms with Crippen molar-refractivity contribution >= 4 is 0 Å². The summed E-state index contributed by atoms with van der Waals surface area (Å²) in [6, 6.07) is 0.633. The molecule has 0 amide bonds. The maximum atomic E-state index is 3.66. The molecule has 0 radical (unpaired) electrons. The molecule has 102 valence electrons. The van der Waals surface area contributed by atoms with Gasteiger partial charge in [-0.15, -0.1) is 0 Å². The van der Waals surface area contributed by atoms with E-state index < -0.39 is 0 Å². The Morgan fingerprint density at radius 1 is 1.12 bits per heavy atom. The SMILES string of the molecule is CCCCCCCC(C)(CNC(C)C)C1CC1. The number of nitrogens with one attached hydrogen (secondary N) is 1. The van der Waals surface area contributed by atoms with Crippen LogP contribution in [0.25, 0.3) is 0 Å². The van der Waals surface area contributed by atoms with Crippen LogP contribution in [0, 0.1) is 11.3 Å². The highest BCUT2D eigenvalue weighted by atomic mass is 14.9. The van der Waals surface area contributed by atoms with Gasteiger partial charge >= 0.3 is 0 Å². The first-order chi connectivity index (χ1) is 8.08. The van der Waals surface area contributed by atoms with Gasteiger partial charge in [-0.2, -0.15) is 0 Å². The minimum atomic E-state index is 0.580. The van der Waals surface area contributed by atoms with Crippen LogP contribution in [-0.2, 0) is 0 Å². The lowest BCUT2D eigenvalue weighted by Gasteiger charge is -2.31. The van der Waals surface area contributed by atoms with Crippen molar-refractivity contribution in [1.82, 2.24) is 5.32 Å². The normalized spacial score (nSPS) is 19.6. The van der Waals surface area contributed by atoms with E-state index in [0.29, 0.717) is 11.5 Å². The minimum Gasteiger partial charge on any atom is -0.314 e. The predicted molar refractivity (Wildman–Crippen MR) is 77.3 cm³/mol. The molecule has 17 heavy (non-hydrogen) atoms. The van der Waals surface area contributed by atoms with Gasteiger partial charge in [0, 0.05) is 12.6 Å². The fourth-order valence-corrected chi connectivity index (χ4v) is 2.79. The number of unbranched alkanes of at least 4 members (excludes halogenated alkanes) is 4. The molecule has 0 aliphatic heterocycles. The molecule has 0 aromatic heterocycles. The van der Waals surface area contributed by atoms with Crippen LogP contribution in [-0.4, -0.2) is 12.6 Å². The minimum absolute atomic E-state index is 0.580. The van der Waals surface area contributed by atoms with Crippen molar-refractivity contribution in [2.24, 2.45) is 11.3 Å². The van der Waals surface area contributed by atoms with Gasteiger partial charge < -0.3 is 5.32 Å². The lowest BCUT2D eigenvalue weighted by Crippen LogP contribution is -2.37. The zero-order chi connectivity index (χ0) is 12.7. The van der Waals surface area contributed by atoms with Crippen LogP contribution in [0.3, 0.4) is 0 Å². The molecule has 0 heterocycles. The summed E-state index contributed by atoms with van der Waals surface area (Å²) in [7, 11) is 0. The molecule has 0 aromatic rings. The molecule has 0 spiro atoms. The average molecular weight is 239 g/mol. The van der Waals surface area contributed by atoms with Crippen molar-refractivity contribution in [2.75, 3.05) is 6.54 Å². The van der Waals surface area contributed by atoms with Crippen molar-refractivity contribution in [2.45, 2.75) is 85.1 Å². The fourth-order valence-electron chi connectivity index (χ4n) is 2.79. The number of hydrogen-bond acceptors (Lipinski definition) is 1. The Bertz CT molecular complexity index is 196. The van der Waals surface area contributed by atoms with Crippen LogP contribution in [0.1, 0.15) is 79.1 Å². The Morgan fingerprint density at radius 2 is 1.76 bits per heavy atom. The summed E-state index contributed by atoms with van der Waals surface area (Å²) in [5, 5.41) is 3.66. The molecular formula is C16H33N. The highest BCUT2D eigenvalue weighted by Gasteiger charge is 2.40. The number of rotatable bonds is 10. The van der Waals surface area contributed by atoms with E-state index in [-0.39, 0.29) is 0 Å². The Kier molecular flexibility index (Phi) is 6.54. The van der Waals surface area contributed by atoms with Gasteiger partial charge in [0.05, 0.1) is 0 Å². The summed E-state index contributed by atoms with van der Waals surface area (Å²) in [5.41, 5.74) is 0.580. The van der Waals surface area contributed by atoms with Crippen molar-refractivity contribution in [3.05, 3.63) is 0 Å². The van der Waals surface area contributed by atoms with Crippen LogP contribution in [0.15, 0.2) is 0 Å². The van der Waals surface area contributed by atoms with E-state index in [1.165, 1.54) is 57.9 Å². The molecule has 1 fully saturated rings. The summed E-state index contributed by atoms with van der Waals surface area (Å²) in [4.78, 5) is 0. The largest absolute Gasteiger partial charge is 0.314 e. The van der Waals surface area contributed by atoms with E-state index in [2.05, 4.69) is 33.0 Å². The molecule has 1 aliphatic carbocycles. The predicted octanol–water partition coefficient (Wildman–Crippen LogP) is 4.76. The highest BCUT2D eigenvalue weighted by Crippen LogP contribution is 2.48. The molecule has 1 aliphatic rings. The molecule has 1 rings (SSSR count). The van der Waals surface area contributed by atoms with Gasteiger partial charge in [0.25, 0.3) is 0 Å². The van der Waals surface area contributed by atoms with Gasteiger partial charge in [0.15, 0.2) is 0 Å². The Morgan fingerprint density at radius 3 is 2.29 bits per heavy atom. The molecule has 0 bridgehead atoms. The van der Waals surface area contributed by atoms with E-state index in [4.69, 9.17) is 0 Å². The average Bonchev–Trinajstić information content (AvgIpc) is 3.10. The quantitative estimate of drug-likeness (QED) is 0.542. The van der Waals surface area contributed by atoms with Crippen molar-refractivity contribution in [3.63, 3.8) is 0 Å². The van der Waals surface area contributed by atoms with E-state index >= 15 is 0 Å². The molecule has 1 saturated carbocycles. The highest BCUT2D eigenvalue weighted by molar-refractivity contribution is 4.92. The van der Waals surface area contributed by atoms with Gasteiger partial charge in [0.2, 0.25) is 0 Å². The van der Waals surface area contributed by atoms with Gasteiger partial charge in [-0.1, -0.05) is 59.8 Å². The Labute approximate surface area is 109 Å². The first-order valence-electron chi connectivity index (χ1n) is 7.82. The second-order valence-electron chi connectivity index (χ2n) is 6.63. The van der Waals surface area contributed by atoms with Crippen LogP contribution >= 0.6 is 0 Å². The third kappa shape index (κ3) is 5.90. The van der Waals surface area contributed by atoms with Crippen LogP contribution in [0.4, 0.5) is 0 Å². The first kappa shape index (κ1) is 15.0. The van der Waals surface area contributed by atoms with Gasteiger partial charge in [-0.05, 0) is 30.6 Å². The fraction of sp³-hybridized carbons (Fsp3) is 1.00. The summed E-state index contributed by atoms with van der Waals surface area (Å²) in [6.07, 6.45) is 11.5. The lowest BCUT2D eigenvalue weighted by molar-refractivity contribution is 0.222. The molecule has 0 saturated heterocycles. The monoisotopic (exact) mass is 239 g/mol. The van der Waals surface area contributed by atoms with Crippen LogP contribution < -0.4 is 5.32 Å². The number of hydrogen-bond donors (Lipinski definition) is 1. The Balaban J connectivity index is 2.22. The van der Waals surface area contributed by atoms with Crippen LogP contribution in [0.5, 0.6) is 0 Å². The Hall–Kier alpha value is -0.0400. The third-order valence-corrected chi connectivity index (χ3v) is 4.33. The molecule has 1 atom stereocenters. The lowest BCUT2D eigenvalue weighted by atomic mass is 9.79. The van der Waals surface area contributed by atoms with E-state index in [1.54, 1.807) is 0 Å². The molecule has 1 unspecified atom stereocenters. The van der Waals surface area contributed by atoms with Gasteiger partial charge in [0.1, 0.15) is 0 Å². The second kappa shape index (κ2) is 7.41. The second-order valence-corrected chi connectivity index (χ2v) is 6.63. The molecule has 1 N–H and O–H groups in total. The smallest absolute Gasteiger partial charge is 0.00106 e. The summed E-state index contributed by atoms with van der Waals surface area (Å²) in [6.45, 7) is 10.5. The summed E-state index contributed by atoms with van der Waals surface area (Å²) in [5.74, 6) is 1.01. The first-order valence-corrected chi connectivity index (χ1v) is 7.82. The standard InChI is InChI=1S/C16H33N/c1-5-6-7-8-9-12-16(4,15-10-11-15)13-17-14(2)3/h14-15,17H,5-13H2,1-4H3. The zero-order valence-electron chi connectivity index (χ0n) is 12.5. The van der Waals surface area contributed by atoms with Crippen molar-refractivity contribution < 1.29 is 0 Å². The molecular weight excluding hydrogens is 206 g/mol. The van der Waals surface area contributed by atoms with Crippen LogP contribution in [0.2, 0.25) is 0 Å². The van der Waals surface area contributed by atoms with Crippen molar-refractivity contribution in [1.29, 1.82) is 0 Å². The van der Waals surface area contributed by atoms with Crippen molar-refractivity contribution in [3.8, 4) is 0 Å². The van der Waals surface area contributed by atoms with E-state index in [0.717, 1.165) is 5.92 Å². The maximum Gasteiger partial charge on any atom is 0.00106 e. The molecule has 1 nitrogen and oxygen atoms in total. The zero-order valence-corrected chi connectivity index (χ0v) is 12.5. The summed E-state index contributed by atoms with van der Waals surface area (Å²) >= 11 is 0. The molecule has 0 aromatic carbocycles. The van der Waals surface area contributed by atoms with Gasteiger partial charge in [-0.3, -0.25) is 0 Å². The topological polar surface area (TPSA) is 12.0 Å². The summed E-state index contributed by atoms with van der Waals surface area (Å²) < 4.78 is 0. The maximum absolute atomic E-state index is 3.66. The molecule has 1 heteroatoms.